The molecule has 0 aliphatic rings. The molecule has 0 spiro atoms. The van der Waals surface area contributed by atoms with Gasteiger partial charge in [-0.3, -0.25) is 9.78 Å². The number of aromatic nitrogens is 1. The van der Waals surface area contributed by atoms with E-state index in [-0.39, 0.29) is 5.43 Å². The van der Waals surface area contributed by atoms with Crippen molar-refractivity contribution in [1.29, 1.82) is 0 Å². The summed E-state index contributed by atoms with van der Waals surface area (Å²) in [4.78, 5) is 14.8. The molecule has 0 fully saturated rings. The average Bonchev–Trinajstić information content (AvgIpc) is 2.62. The molecule has 54 valence electrons. The molecule has 0 radical (unpaired) electrons. The van der Waals surface area contributed by atoms with Crippen LogP contribution in [0.15, 0.2) is 29.3 Å². The van der Waals surface area contributed by atoms with Gasteiger partial charge >= 0.3 is 0 Å². The molecule has 1 aromatic carbocycles. The van der Waals surface area contributed by atoms with Gasteiger partial charge in [0.25, 0.3) is 0 Å². The van der Waals surface area contributed by atoms with E-state index < -0.39 is 0 Å². The molecule has 0 aliphatic heterocycles. The zero-order chi connectivity index (χ0) is 7.84. The minimum absolute atomic E-state index is 0.191. The average molecular weight is 145 g/mol. The first-order valence-electron chi connectivity index (χ1n) is 3.46. The summed E-state index contributed by atoms with van der Waals surface area (Å²) in [7, 11) is 0. The Morgan fingerprint density at radius 2 is 1.82 bits per heavy atom. The van der Waals surface area contributed by atoms with Crippen LogP contribution in [0.3, 0.4) is 0 Å². The minimum atomic E-state index is 0.191. The van der Waals surface area contributed by atoms with Crippen LogP contribution >= 0.6 is 0 Å². The van der Waals surface area contributed by atoms with Crippen molar-refractivity contribution < 1.29 is 0 Å². The second kappa shape index (κ2) is 2.02. The fourth-order valence-electron chi connectivity index (χ4n) is 1.12. The number of hydrogen-bond acceptors (Lipinski definition) is 2. The summed E-state index contributed by atoms with van der Waals surface area (Å²) in [6.45, 7) is 1.85. The van der Waals surface area contributed by atoms with Crippen molar-refractivity contribution in [1.82, 2.24) is 4.98 Å². The molecule has 2 rings (SSSR count). The molecule has 0 bridgehead atoms. The van der Waals surface area contributed by atoms with Gasteiger partial charge in [-0.15, -0.1) is 0 Å². The predicted molar refractivity (Wildman–Crippen MR) is 43.1 cm³/mol. The van der Waals surface area contributed by atoms with E-state index in [1.807, 2.05) is 19.1 Å². The van der Waals surface area contributed by atoms with Gasteiger partial charge in [-0.2, -0.15) is 0 Å². The summed E-state index contributed by atoms with van der Waals surface area (Å²) in [6, 6.07) is 3.70. The van der Waals surface area contributed by atoms with E-state index in [4.69, 9.17) is 0 Å². The van der Waals surface area contributed by atoms with Crippen LogP contribution < -0.4 is 5.43 Å². The van der Waals surface area contributed by atoms with Crippen LogP contribution in [0.2, 0.25) is 0 Å². The highest BCUT2D eigenvalue weighted by Crippen LogP contribution is 2.22. The van der Waals surface area contributed by atoms with E-state index in [0.29, 0.717) is 0 Å². The third-order valence-corrected chi connectivity index (χ3v) is 1.85. The van der Waals surface area contributed by atoms with E-state index in [0.717, 1.165) is 16.7 Å². The van der Waals surface area contributed by atoms with Crippen LogP contribution in [0.4, 0.5) is 0 Å². The fraction of sp³-hybridized carbons (Fsp3) is 0.111. The third kappa shape index (κ3) is 0.871. The lowest BCUT2D eigenvalue weighted by molar-refractivity contribution is 1.33. The van der Waals surface area contributed by atoms with Gasteiger partial charge in [0, 0.05) is 23.5 Å². The van der Waals surface area contributed by atoms with Gasteiger partial charge < -0.3 is 0 Å². The molecule has 0 amide bonds. The van der Waals surface area contributed by atoms with Gasteiger partial charge in [-0.25, -0.2) is 0 Å². The number of rotatable bonds is 1. The lowest BCUT2D eigenvalue weighted by atomic mass is 10.2. The van der Waals surface area contributed by atoms with Crippen molar-refractivity contribution in [2.24, 2.45) is 0 Å². The topological polar surface area (TPSA) is 30.0 Å². The largest absolute Gasteiger partial charge is 0.289 e. The van der Waals surface area contributed by atoms with E-state index in [9.17, 15) is 4.79 Å². The maximum absolute atomic E-state index is 10.9. The molecule has 11 heavy (non-hydrogen) atoms. The minimum Gasteiger partial charge on any atom is -0.289 e. The van der Waals surface area contributed by atoms with Gasteiger partial charge in [0.15, 0.2) is 5.43 Å². The Hall–Kier alpha value is -1.44. The SMILES string of the molecule is Cc1c(-c2ccncc2)c1=O. The van der Waals surface area contributed by atoms with Gasteiger partial charge in [0.1, 0.15) is 0 Å². The van der Waals surface area contributed by atoms with Gasteiger partial charge in [-0.05, 0) is 24.6 Å². The number of nitrogens with zero attached hydrogens (tertiary/aromatic N) is 1. The van der Waals surface area contributed by atoms with E-state index in [1.54, 1.807) is 12.4 Å². The van der Waals surface area contributed by atoms with Crippen LogP contribution in [0.5, 0.6) is 0 Å². The Labute approximate surface area is 64.2 Å². The normalized spacial score (nSPS) is 10.6. The lowest BCUT2D eigenvalue weighted by Gasteiger charge is -1.87. The Bertz CT molecular complexity index is 382. The van der Waals surface area contributed by atoms with Crippen molar-refractivity contribution in [3.8, 4) is 11.1 Å². The molecule has 0 atom stereocenters. The third-order valence-electron chi connectivity index (χ3n) is 1.85. The fourth-order valence-corrected chi connectivity index (χ4v) is 1.12. The van der Waals surface area contributed by atoms with E-state index in [2.05, 4.69) is 4.98 Å². The number of hydrogen-bond donors (Lipinski definition) is 0. The Kier molecular flexibility index (Phi) is 1.15. The van der Waals surface area contributed by atoms with E-state index >= 15 is 0 Å². The zero-order valence-corrected chi connectivity index (χ0v) is 6.16. The second-order valence-electron chi connectivity index (χ2n) is 2.57. The first kappa shape index (κ1) is 6.28. The molecule has 1 heterocycles. The Morgan fingerprint density at radius 1 is 1.27 bits per heavy atom. The summed E-state index contributed by atoms with van der Waals surface area (Å²) in [5.41, 5.74) is 2.93. The predicted octanol–water partition coefficient (Wildman–Crippen LogP) is 1.29. The summed E-state index contributed by atoms with van der Waals surface area (Å²) in [6.07, 6.45) is 3.39. The van der Waals surface area contributed by atoms with Crippen molar-refractivity contribution >= 4 is 0 Å². The molecular weight excluding hydrogens is 138 g/mol. The van der Waals surface area contributed by atoms with Crippen LogP contribution in [0.25, 0.3) is 11.1 Å². The zero-order valence-electron chi connectivity index (χ0n) is 6.16. The molecule has 0 N–H and O–H groups in total. The Balaban J connectivity index is 2.48. The van der Waals surface area contributed by atoms with Crippen molar-refractivity contribution in [2.45, 2.75) is 6.92 Å². The number of pyridine rings is 1. The maximum atomic E-state index is 10.9. The molecule has 1 aromatic heterocycles. The lowest BCUT2D eigenvalue weighted by Crippen LogP contribution is -1.77. The highest BCUT2D eigenvalue weighted by atomic mass is 16.1. The standard InChI is InChI=1S/C9H7NO/c1-6-8(9(6)11)7-2-4-10-5-3-7/h2-5H,1H3. The van der Waals surface area contributed by atoms with Gasteiger partial charge in [0.05, 0.1) is 0 Å². The quantitative estimate of drug-likeness (QED) is 0.605. The molecule has 0 saturated carbocycles. The second-order valence-corrected chi connectivity index (χ2v) is 2.57. The molecule has 0 unspecified atom stereocenters. The maximum Gasteiger partial charge on any atom is 0.190 e. The molecule has 2 nitrogen and oxygen atoms in total. The van der Waals surface area contributed by atoms with Crippen molar-refractivity contribution in [3.05, 3.63) is 40.3 Å². The smallest absolute Gasteiger partial charge is 0.190 e. The summed E-state index contributed by atoms with van der Waals surface area (Å²) in [5.74, 6) is 0. The summed E-state index contributed by atoms with van der Waals surface area (Å²) >= 11 is 0. The Morgan fingerprint density at radius 3 is 2.27 bits per heavy atom. The van der Waals surface area contributed by atoms with Crippen molar-refractivity contribution in [3.63, 3.8) is 0 Å². The summed E-state index contributed by atoms with van der Waals surface area (Å²) < 4.78 is 0. The molecule has 0 saturated heterocycles. The highest BCUT2D eigenvalue weighted by Gasteiger charge is 2.18. The van der Waals surface area contributed by atoms with Crippen LogP contribution in [0, 0.1) is 6.92 Å². The first-order valence-corrected chi connectivity index (χ1v) is 3.46. The van der Waals surface area contributed by atoms with Crippen molar-refractivity contribution in [2.75, 3.05) is 0 Å². The molecule has 2 heteroatoms. The van der Waals surface area contributed by atoms with Crippen LogP contribution in [-0.2, 0) is 0 Å². The highest BCUT2D eigenvalue weighted by molar-refractivity contribution is 5.75. The van der Waals surface area contributed by atoms with Crippen LogP contribution in [0.1, 0.15) is 5.56 Å². The molecule has 0 aliphatic carbocycles. The molecular formula is C9H7NO. The van der Waals surface area contributed by atoms with Gasteiger partial charge in [0.2, 0.25) is 0 Å². The first-order chi connectivity index (χ1) is 5.30. The monoisotopic (exact) mass is 145 g/mol. The van der Waals surface area contributed by atoms with E-state index in [1.165, 1.54) is 0 Å². The molecule has 2 aromatic rings. The van der Waals surface area contributed by atoms with Crippen LogP contribution in [-0.4, -0.2) is 4.98 Å². The van der Waals surface area contributed by atoms with Gasteiger partial charge in [-0.1, -0.05) is 0 Å². The summed E-state index contributed by atoms with van der Waals surface area (Å²) in [5, 5.41) is 0.